The lowest BCUT2D eigenvalue weighted by atomic mass is 10.2. The normalized spacial score (nSPS) is 16.4. The van der Waals surface area contributed by atoms with Gasteiger partial charge in [-0.2, -0.15) is 5.10 Å². The summed E-state index contributed by atoms with van der Waals surface area (Å²) in [6.07, 6.45) is 3.55. The van der Waals surface area contributed by atoms with Gasteiger partial charge in [-0.15, -0.1) is 0 Å². The van der Waals surface area contributed by atoms with Crippen molar-refractivity contribution in [1.82, 2.24) is 24.9 Å². The summed E-state index contributed by atoms with van der Waals surface area (Å²) in [6, 6.07) is 8.27. The summed E-state index contributed by atoms with van der Waals surface area (Å²) in [5.41, 5.74) is 4.57. The van der Waals surface area contributed by atoms with Gasteiger partial charge in [0.1, 0.15) is 5.60 Å². The third-order valence-electron chi connectivity index (χ3n) is 6.38. The fraction of sp³-hybridized carbons (Fsp3) is 0.577. The molecular formula is C26H37N5O3. The highest BCUT2D eigenvalue weighted by molar-refractivity contribution is 5.94. The van der Waals surface area contributed by atoms with E-state index in [1.54, 1.807) is 4.90 Å². The molecule has 34 heavy (non-hydrogen) atoms. The van der Waals surface area contributed by atoms with Gasteiger partial charge in [0, 0.05) is 44.0 Å². The highest BCUT2D eigenvalue weighted by Gasteiger charge is 2.27. The Hall–Kier alpha value is -2.87. The Morgan fingerprint density at radius 3 is 2.44 bits per heavy atom. The highest BCUT2D eigenvalue weighted by atomic mass is 16.6. The first-order chi connectivity index (χ1) is 16.2. The number of ether oxygens (including phenoxy) is 1. The van der Waals surface area contributed by atoms with Crippen LogP contribution in [0.5, 0.6) is 0 Å². The second kappa shape index (κ2) is 10.2. The maximum atomic E-state index is 12.9. The molecule has 2 amide bonds. The molecule has 1 aliphatic carbocycles. The van der Waals surface area contributed by atoms with Gasteiger partial charge in [0.2, 0.25) is 0 Å². The van der Waals surface area contributed by atoms with Gasteiger partial charge in [0.25, 0.3) is 5.91 Å². The van der Waals surface area contributed by atoms with Gasteiger partial charge in [-0.3, -0.25) is 9.69 Å². The number of nitrogens with zero attached hydrogens (tertiary/aromatic N) is 4. The fourth-order valence-corrected chi connectivity index (χ4v) is 4.59. The number of nitrogens with one attached hydrogen (secondary N) is 1. The second-order valence-corrected chi connectivity index (χ2v) is 10.3. The number of aryl methyl sites for hydroxylation is 1. The molecule has 2 heterocycles. The number of carbonyl (C=O) groups is 2. The third-order valence-corrected chi connectivity index (χ3v) is 6.38. The van der Waals surface area contributed by atoms with Crippen LogP contribution in [0.15, 0.2) is 24.3 Å². The fourth-order valence-electron chi connectivity index (χ4n) is 4.59. The Kier molecular flexibility index (Phi) is 7.26. The molecule has 1 aromatic heterocycles. The first-order valence-corrected chi connectivity index (χ1v) is 12.4. The van der Waals surface area contributed by atoms with E-state index in [4.69, 9.17) is 9.84 Å². The number of carbonyl (C=O) groups excluding carboxylic acids is 2. The maximum Gasteiger partial charge on any atom is 0.410 e. The molecule has 1 fully saturated rings. The molecule has 0 saturated carbocycles. The molecule has 2 aromatic rings. The average molecular weight is 468 g/mol. The summed E-state index contributed by atoms with van der Waals surface area (Å²) in [6.45, 7) is 12.2. The predicted octanol–water partition coefficient (Wildman–Crippen LogP) is 3.34. The molecule has 1 saturated heterocycles. The Balaban J connectivity index is 1.24. The molecule has 0 bridgehead atoms. The van der Waals surface area contributed by atoms with Gasteiger partial charge >= 0.3 is 6.09 Å². The number of rotatable bonds is 6. The zero-order chi connectivity index (χ0) is 24.3. The van der Waals surface area contributed by atoms with Crippen LogP contribution in [0.2, 0.25) is 0 Å². The summed E-state index contributed by atoms with van der Waals surface area (Å²) in [7, 11) is 0. The van der Waals surface area contributed by atoms with E-state index in [9.17, 15) is 9.59 Å². The standard InChI is InChI=1S/C26H37N5O3/c1-19-9-11-20(12-10-19)31-22-8-5-7-21(22)23(28-31)24(32)27-13-6-14-29-15-17-30(18-16-29)25(33)34-26(2,3)4/h9-12H,5-8,13-18H2,1-4H3,(H,27,32). The molecule has 2 aliphatic rings. The Morgan fingerprint density at radius 2 is 1.76 bits per heavy atom. The molecule has 4 rings (SSSR count). The number of hydrogen-bond donors (Lipinski definition) is 1. The number of fused-ring (bicyclic) bond motifs is 1. The first-order valence-electron chi connectivity index (χ1n) is 12.4. The van der Waals surface area contributed by atoms with Crippen LogP contribution in [-0.2, 0) is 17.6 Å². The van der Waals surface area contributed by atoms with Gasteiger partial charge in [-0.25, -0.2) is 9.48 Å². The molecule has 0 unspecified atom stereocenters. The average Bonchev–Trinajstić information content (AvgIpc) is 3.39. The number of amides is 2. The molecule has 1 aromatic carbocycles. The zero-order valence-electron chi connectivity index (χ0n) is 20.9. The summed E-state index contributed by atoms with van der Waals surface area (Å²) < 4.78 is 7.40. The van der Waals surface area contributed by atoms with Gasteiger partial charge in [-0.05, 0) is 72.1 Å². The van der Waals surface area contributed by atoms with Crippen molar-refractivity contribution < 1.29 is 14.3 Å². The molecule has 0 radical (unpaired) electrons. The third kappa shape index (κ3) is 5.78. The topological polar surface area (TPSA) is 79.7 Å². The Labute approximate surface area is 202 Å². The van der Waals surface area contributed by atoms with Crippen molar-refractivity contribution in [2.45, 2.75) is 59.0 Å². The summed E-state index contributed by atoms with van der Waals surface area (Å²) >= 11 is 0. The zero-order valence-corrected chi connectivity index (χ0v) is 20.9. The van der Waals surface area contributed by atoms with Crippen molar-refractivity contribution in [3.8, 4) is 5.69 Å². The molecule has 184 valence electrons. The summed E-state index contributed by atoms with van der Waals surface area (Å²) in [5, 5.41) is 7.76. The number of hydrogen-bond acceptors (Lipinski definition) is 5. The molecule has 0 atom stereocenters. The second-order valence-electron chi connectivity index (χ2n) is 10.3. The highest BCUT2D eigenvalue weighted by Crippen LogP contribution is 2.28. The van der Waals surface area contributed by atoms with Crippen LogP contribution in [0, 0.1) is 6.92 Å². The Bertz CT molecular complexity index is 1010. The van der Waals surface area contributed by atoms with Crippen molar-refractivity contribution in [2.75, 3.05) is 39.3 Å². The lowest BCUT2D eigenvalue weighted by molar-refractivity contribution is 0.0144. The molecule has 0 spiro atoms. The van der Waals surface area contributed by atoms with Crippen molar-refractivity contribution in [2.24, 2.45) is 0 Å². The molecule has 8 nitrogen and oxygen atoms in total. The van der Waals surface area contributed by atoms with E-state index in [1.807, 2.05) is 25.5 Å². The van der Waals surface area contributed by atoms with Crippen LogP contribution >= 0.6 is 0 Å². The first kappa shape index (κ1) is 24.3. The van der Waals surface area contributed by atoms with Crippen LogP contribution in [0.1, 0.15) is 60.9 Å². The van der Waals surface area contributed by atoms with Crippen molar-refractivity contribution in [3.63, 3.8) is 0 Å². The number of aromatic nitrogens is 2. The molecular weight excluding hydrogens is 430 g/mol. The SMILES string of the molecule is Cc1ccc(-n2nc(C(=O)NCCCN3CCN(C(=O)OC(C)(C)C)CC3)c3c2CCC3)cc1. The monoisotopic (exact) mass is 467 g/mol. The van der Waals surface area contributed by atoms with E-state index in [0.29, 0.717) is 25.3 Å². The van der Waals surface area contributed by atoms with E-state index in [1.165, 1.54) is 5.56 Å². The smallest absolute Gasteiger partial charge is 0.410 e. The van der Waals surface area contributed by atoms with Crippen LogP contribution in [0.25, 0.3) is 5.69 Å². The van der Waals surface area contributed by atoms with Crippen molar-refractivity contribution in [3.05, 3.63) is 46.8 Å². The predicted molar refractivity (Wildman–Crippen MR) is 132 cm³/mol. The lowest BCUT2D eigenvalue weighted by Gasteiger charge is -2.35. The molecule has 8 heteroatoms. The number of benzene rings is 1. The van der Waals surface area contributed by atoms with Crippen LogP contribution in [0.3, 0.4) is 0 Å². The van der Waals surface area contributed by atoms with Gasteiger partial charge in [0.15, 0.2) is 5.69 Å². The maximum absolute atomic E-state index is 12.9. The van der Waals surface area contributed by atoms with Gasteiger partial charge in [0.05, 0.1) is 5.69 Å². The van der Waals surface area contributed by atoms with E-state index in [2.05, 4.69) is 41.4 Å². The minimum absolute atomic E-state index is 0.0845. The van der Waals surface area contributed by atoms with E-state index >= 15 is 0 Å². The molecule has 1 N–H and O–H groups in total. The molecule has 1 aliphatic heterocycles. The Morgan fingerprint density at radius 1 is 1.06 bits per heavy atom. The van der Waals surface area contributed by atoms with Crippen molar-refractivity contribution >= 4 is 12.0 Å². The minimum atomic E-state index is -0.470. The van der Waals surface area contributed by atoms with Crippen LogP contribution in [-0.4, -0.2) is 76.5 Å². The minimum Gasteiger partial charge on any atom is -0.444 e. The van der Waals surface area contributed by atoms with Gasteiger partial charge in [-0.1, -0.05) is 17.7 Å². The largest absolute Gasteiger partial charge is 0.444 e. The van der Waals surface area contributed by atoms with Crippen LogP contribution in [0.4, 0.5) is 4.79 Å². The summed E-state index contributed by atoms with van der Waals surface area (Å²) in [5.74, 6) is -0.0845. The number of piperazine rings is 1. The van der Waals surface area contributed by atoms with E-state index in [0.717, 1.165) is 62.3 Å². The van der Waals surface area contributed by atoms with E-state index in [-0.39, 0.29) is 12.0 Å². The lowest BCUT2D eigenvalue weighted by Crippen LogP contribution is -2.50. The van der Waals surface area contributed by atoms with Gasteiger partial charge < -0.3 is 15.0 Å². The van der Waals surface area contributed by atoms with Crippen molar-refractivity contribution in [1.29, 1.82) is 0 Å². The van der Waals surface area contributed by atoms with E-state index < -0.39 is 5.60 Å². The van der Waals surface area contributed by atoms with Crippen LogP contribution < -0.4 is 5.32 Å². The quantitative estimate of drug-likeness (QED) is 0.659. The summed E-state index contributed by atoms with van der Waals surface area (Å²) in [4.78, 5) is 29.2.